The maximum atomic E-state index is 5.84. The Morgan fingerprint density at radius 1 is 1.69 bits per heavy atom. The molecule has 1 rings (SSSR count). The maximum Gasteiger partial charge on any atom is 0.136 e. The summed E-state index contributed by atoms with van der Waals surface area (Å²) in [5.74, 6) is 0. The number of pyridine rings is 1. The van der Waals surface area contributed by atoms with Crippen LogP contribution >= 0.6 is 11.6 Å². The zero-order valence-electron chi connectivity index (χ0n) is 7.42. The molecule has 0 aromatic carbocycles. The van der Waals surface area contributed by atoms with Crippen LogP contribution in [0.1, 0.15) is 5.56 Å². The minimum atomic E-state index is 0.474. The molecule has 0 aliphatic heterocycles. The Bertz CT molecular complexity index is 310. The number of nitrogen functional groups attached to an aromatic ring is 1. The molecule has 3 N–H and O–H groups in total. The van der Waals surface area contributed by atoms with Crippen LogP contribution in [-0.2, 0) is 0 Å². The minimum Gasteiger partial charge on any atom is -0.397 e. The molecule has 0 aliphatic rings. The van der Waals surface area contributed by atoms with E-state index >= 15 is 0 Å². The van der Waals surface area contributed by atoms with Crippen molar-refractivity contribution in [1.82, 2.24) is 10.3 Å². The van der Waals surface area contributed by atoms with Crippen LogP contribution in [-0.4, -0.2) is 18.6 Å². The van der Waals surface area contributed by atoms with Gasteiger partial charge in [0.15, 0.2) is 0 Å². The summed E-state index contributed by atoms with van der Waals surface area (Å²) in [5, 5.41) is 3.46. The molecule has 70 valence electrons. The third-order valence-electron chi connectivity index (χ3n) is 1.51. The number of hydrogen-bond donors (Lipinski definition) is 2. The molecular formula is C9H12ClN3. The third-order valence-corrected chi connectivity index (χ3v) is 1.82. The Balaban J connectivity index is 2.81. The SMILES string of the molecule is CNCC=Cc1cc(N)cnc1Cl. The predicted octanol–water partition coefficient (Wildman–Crippen LogP) is 1.55. The average molecular weight is 198 g/mol. The Morgan fingerprint density at radius 3 is 3.15 bits per heavy atom. The van der Waals surface area contributed by atoms with Crippen LogP contribution in [0.25, 0.3) is 6.08 Å². The summed E-state index contributed by atoms with van der Waals surface area (Å²) in [6.45, 7) is 0.797. The molecule has 0 fully saturated rings. The summed E-state index contributed by atoms with van der Waals surface area (Å²) in [4.78, 5) is 3.93. The molecule has 0 bridgehead atoms. The molecule has 0 saturated carbocycles. The largest absolute Gasteiger partial charge is 0.397 e. The van der Waals surface area contributed by atoms with E-state index in [1.54, 1.807) is 6.07 Å². The molecule has 3 nitrogen and oxygen atoms in total. The first-order valence-electron chi connectivity index (χ1n) is 3.96. The molecule has 0 unspecified atom stereocenters. The van der Waals surface area contributed by atoms with E-state index in [9.17, 15) is 0 Å². The smallest absolute Gasteiger partial charge is 0.136 e. The highest BCUT2D eigenvalue weighted by Gasteiger charge is 1.97. The molecule has 4 heteroatoms. The van der Waals surface area contributed by atoms with E-state index in [4.69, 9.17) is 17.3 Å². The van der Waals surface area contributed by atoms with Crippen LogP contribution in [0.5, 0.6) is 0 Å². The van der Waals surface area contributed by atoms with Gasteiger partial charge < -0.3 is 11.1 Å². The number of nitrogens with one attached hydrogen (secondary N) is 1. The summed E-state index contributed by atoms with van der Waals surface area (Å²) in [6, 6.07) is 1.79. The lowest BCUT2D eigenvalue weighted by Gasteiger charge is -1.98. The van der Waals surface area contributed by atoms with E-state index in [-0.39, 0.29) is 0 Å². The van der Waals surface area contributed by atoms with Crippen molar-refractivity contribution in [2.45, 2.75) is 0 Å². The Labute approximate surface area is 82.6 Å². The molecule has 0 saturated heterocycles. The summed E-state index contributed by atoms with van der Waals surface area (Å²) in [7, 11) is 1.88. The monoisotopic (exact) mass is 197 g/mol. The summed E-state index contributed by atoms with van der Waals surface area (Å²) >= 11 is 5.84. The molecule has 0 spiro atoms. The zero-order chi connectivity index (χ0) is 9.68. The number of likely N-dealkylation sites (N-methyl/N-ethyl adjacent to an activating group) is 1. The van der Waals surface area contributed by atoms with Crippen molar-refractivity contribution in [3.05, 3.63) is 29.1 Å². The van der Waals surface area contributed by atoms with Crippen LogP contribution in [0.3, 0.4) is 0 Å². The number of aromatic nitrogens is 1. The van der Waals surface area contributed by atoms with Crippen LogP contribution in [0.2, 0.25) is 5.15 Å². The number of hydrogen-bond acceptors (Lipinski definition) is 3. The molecule has 1 heterocycles. The fourth-order valence-corrected chi connectivity index (χ4v) is 1.07. The summed E-state index contributed by atoms with van der Waals surface area (Å²) < 4.78 is 0. The summed E-state index contributed by atoms with van der Waals surface area (Å²) in [5.41, 5.74) is 7.02. The number of halogens is 1. The fraction of sp³-hybridized carbons (Fsp3) is 0.222. The number of nitrogens with zero attached hydrogens (tertiary/aromatic N) is 1. The van der Waals surface area contributed by atoms with Gasteiger partial charge in [-0.15, -0.1) is 0 Å². The van der Waals surface area contributed by atoms with Gasteiger partial charge in [-0.3, -0.25) is 0 Å². The van der Waals surface area contributed by atoms with Crippen LogP contribution in [0, 0.1) is 0 Å². The van der Waals surface area contributed by atoms with E-state index in [1.807, 2.05) is 19.2 Å². The van der Waals surface area contributed by atoms with Crippen LogP contribution in [0.4, 0.5) is 5.69 Å². The van der Waals surface area contributed by atoms with Gasteiger partial charge in [0.05, 0.1) is 11.9 Å². The first-order valence-corrected chi connectivity index (χ1v) is 4.34. The van der Waals surface area contributed by atoms with Gasteiger partial charge in [0.1, 0.15) is 5.15 Å². The van der Waals surface area contributed by atoms with Crippen LogP contribution in [0.15, 0.2) is 18.3 Å². The Morgan fingerprint density at radius 2 is 2.46 bits per heavy atom. The van der Waals surface area contributed by atoms with E-state index < -0.39 is 0 Å². The van der Waals surface area contributed by atoms with Crippen molar-refractivity contribution in [2.75, 3.05) is 19.3 Å². The number of nitrogens with two attached hydrogens (primary N) is 1. The van der Waals surface area contributed by atoms with Gasteiger partial charge in [-0.25, -0.2) is 4.98 Å². The first kappa shape index (κ1) is 10.0. The molecular weight excluding hydrogens is 186 g/mol. The predicted molar refractivity (Wildman–Crippen MR) is 56.6 cm³/mol. The van der Waals surface area contributed by atoms with E-state index in [0.29, 0.717) is 10.8 Å². The van der Waals surface area contributed by atoms with Gasteiger partial charge in [0, 0.05) is 12.1 Å². The van der Waals surface area contributed by atoms with Crippen molar-refractivity contribution in [3.8, 4) is 0 Å². The molecule has 0 radical (unpaired) electrons. The van der Waals surface area contributed by atoms with Crippen molar-refractivity contribution < 1.29 is 0 Å². The van der Waals surface area contributed by atoms with Crippen molar-refractivity contribution in [3.63, 3.8) is 0 Å². The van der Waals surface area contributed by atoms with Crippen molar-refractivity contribution in [2.24, 2.45) is 0 Å². The highest BCUT2D eigenvalue weighted by molar-refractivity contribution is 6.30. The highest BCUT2D eigenvalue weighted by atomic mass is 35.5. The molecule has 1 aromatic rings. The normalized spacial score (nSPS) is 10.9. The second-order valence-electron chi connectivity index (χ2n) is 2.61. The van der Waals surface area contributed by atoms with E-state index in [2.05, 4.69) is 10.3 Å². The maximum absolute atomic E-state index is 5.84. The molecule has 1 aromatic heterocycles. The lowest BCUT2D eigenvalue weighted by atomic mass is 10.2. The highest BCUT2D eigenvalue weighted by Crippen LogP contribution is 2.16. The Hall–Kier alpha value is -1.06. The van der Waals surface area contributed by atoms with Gasteiger partial charge >= 0.3 is 0 Å². The van der Waals surface area contributed by atoms with Gasteiger partial charge in [-0.1, -0.05) is 23.8 Å². The summed E-state index contributed by atoms with van der Waals surface area (Å²) in [6.07, 6.45) is 5.39. The van der Waals surface area contributed by atoms with E-state index in [1.165, 1.54) is 6.20 Å². The first-order chi connectivity index (χ1) is 6.24. The minimum absolute atomic E-state index is 0.474. The Kier molecular flexibility index (Phi) is 3.73. The van der Waals surface area contributed by atoms with E-state index in [0.717, 1.165) is 12.1 Å². The quantitative estimate of drug-likeness (QED) is 0.723. The zero-order valence-corrected chi connectivity index (χ0v) is 8.17. The van der Waals surface area contributed by atoms with Gasteiger partial charge in [-0.05, 0) is 13.1 Å². The van der Waals surface area contributed by atoms with Crippen molar-refractivity contribution >= 4 is 23.4 Å². The number of rotatable bonds is 3. The van der Waals surface area contributed by atoms with Gasteiger partial charge in [0.25, 0.3) is 0 Å². The van der Waals surface area contributed by atoms with Gasteiger partial charge in [0.2, 0.25) is 0 Å². The molecule has 0 aliphatic carbocycles. The lowest BCUT2D eigenvalue weighted by molar-refractivity contribution is 0.922. The topological polar surface area (TPSA) is 50.9 Å². The standard InChI is InChI=1S/C9H12ClN3/c1-12-4-2-3-7-5-8(11)6-13-9(7)10/h2-3,5-6,12H,4,11H2,1H3. The average Bonchev–Trinajstić information content (AvgIpc) is 2.11. The second-order valence-corrected chi connectivity index (χ2v) is 2.97. The molecule has 13 heavy (non-hydrogen) atoms. The lowest BCUT2D eigenvalue weighted by Crippen LogP contribution is -2.03. The van der Waals surface area contributed by atoms with Crippen molar-refractivity contribution in [1.29, 1.82) is 0 Å². The third kappa shape index (κ3) is 3.05. The van der Waals surface area contributed by atoms with Crippen LogP contribution < -0.4 is 11.1 Å². The van der Waals surface area contributed by atoms with Gasteiger partial charge in [-0.2, -0.15) is 0 Å². The second kappa shape index (κ2) is 4.84. The molecule has 0 amide bonds. The number of anilines is 1. The fourth-order valence-electron chi connectivity index (χ4n) is 0.903. The molecule has 0 atom stereocenters.